The van der Waals surface area contributed by atoms with Crippen LogP contribution >= 0.6 is 0 Å². The van der Waals surface area contributed by atoms with Gasteiger partial charge in [-0.15, -0.1) is 0 Å². The lowest BCUT2D eigenvalue weighted by Crippen LogP contribution is -2.43. The van der Waals surface area contributed by atoms with Crippen molar-refractivity contribution >= 4 is 0 Å². The number of nitrogens with zero attached hydrogens (tertiary/aromatic N) is 1. The largest absolute Gasteiger partial charge is 0.295 e. The second-order valence-corrected chi connectivity index (χ2v) is 5.85. The summed E-state index contributed by atoms with van der Waals surface area (Å²) in [6, 6.07) is 0.812. The Labute approximate surface area is 76.1 Å². The van der Waals surface area contributed by atoms with Crippen LogP contribution in [0, 0.1) is 5.41 Å². The molecule has 70 valence electrons. The smallest absolute Gasteiger partial charge is 0.0128 e. The average molecular weight is 167 g/mol. The molecule has 1 saturated carbocycles. The fourth-order valence-electron chi connectivity index (χ4n) is 2.76. The third-order valence-corrected chi connectivity index (χ3v) is 3.58. The lowest BCUT2D eigenvalue weighted by atomic mass is 10.0. The van der Waals surface area contributed by atoms with E-state index in [2.05, 4.69) is 32.6 Å². The van der Waals surface area contributed by atoms with Crippen LogP contribution in [0.15, 0.2) is 0 Å². The van der Waals surface area contributed by atoms with Gasteiger partial charge in [0.25, 0.3) is 0 Å². The van der Waals surface area contributed by atoms with E-state index < -0.39 is 0 Å². The Morgan fingerprint density at radius 3 is 2.08 bits per heavy atom. The van der Waals surface area contributed by atoms with Gasteiger partial charge in [0.2, 0.25) is 0 Å². The molecule has 0 aromatic rings. The Hall–Kier alpha value is -0.0400. The molecule has 2 fully saturated rings. The molecule has 1 heterocycles. The minimum absolute atomic E-state index is 0.380. The van der Waals surface area contributed by atoms with Crippen LogP contribution in [-0.4, -0.2) is 23.0 Å². The first-order chi connectivity index (χ1) is 5.43. The minimum atomic E-state index is 0.380. The first kappa shape index (κ1) is 8.55. The van der Waals surface area contributed by atoms with E-state index in [0.29, 0.717) is 5.54 Å². The lowest BCUT2D eigenvalue weighted by Gasteiger charge is -2.35. The van der Waals surface area contributed by atoms with Crippen LogP contribution in [0.1, 0.15) is 47.0 Å². The molecule has 1 nitrogen and oxygen atoms in total. The van der Waals surface area contributed by atoms with Gasteiger partial charge in [0.05, 0.1) is 0 Å². The Bertz CT molecular complexity index is 186. The van der Waals surface area contributed by atoms with Gasteiger partial charge < -0.3 is 0 Å². The summed E-state index contributed by atoms with van der Waals surface area (Å²) >= 11 is 0. The van der Waals surface area contributed by atoms with Gasteiger partial charge in [-0.05, 0) is 52.4 Å². The van der Waals surface area contributed by atoms with Crippen molar-refractivity contribution < 1.29 is 0 Å². The molecule has 1 saturated heterocycles. The summed E-state index contributed by atoms with van der Waals surface area (Å²) in [4.78, 5) is 2.68. The van der Waals surface area contributed by atoms with Crippen molar-refractivity contribution in [2.45, 2.75) is 58.5 Å². The topological polar surface area (TPSA) is 3.24 Å². The molecule has 1 unspecified atom stereocenters. The zero-order valence-electron chi connectivity index (χ0n) is 8.85. The molecule has 1 heteroatoms. The van der Waals surface area contributed by atoms with Crippen LogP contribution in [0.2, 0.25) is 0 Å². The maximum Gasteiger partial charge on any atom is 0.0128 e. The maximum atomic E-state index is 2.68. The van der Waals surface area contributed by atoms with Gasteiger partial charge in [0, 0.05) is 18.1 Å². The van der Waals surface area contributed by atoms with E-state index in [1.807, 2.05) is 0 Å². The minimum Gasteiger partial charge on any atom is -0.295 e. The summed E-state index contributed by atoms with van der Waals surface area (Å²) in [5.41, 5.74) is 1.15. The van der Waals surface area contributed by atoms with Gasteiger partial charge in [0.1, 0.15) is 0 Å². The zero-order valence-corrected chi connectivity index (χ0v) is 8.85. The Morgan fingerprint density at radius 2 is 1.83 bits per heavy atom. The average Bonchev–Trinajstić information content (AvgIpc) is 2.51. The molecule has 1 atom stereocenters. The zero-order chi connectivity index (χ0) is 8.98. The van der Waals surface area contributed by atoms with E-state index >= 15 is 0 Å². The van der Waals surface area contributed by atoms with Crippen molar-refractivity contribution in [3.8, 4) is 0 Å². The van der Waals surface area contributed by atoms with E-state index in [9.17, 15) is 0 Å². The molecule has 1 aliphatic carbocycles. The van der Waals surface area contributed by atoms with Gasteiger partial charge in [-0.25, -0.2) is 0 Å². The van der Waals surface area contributed by atoms with E-state index in [-0.39, 0.29) is 0 Å². The summed E-state index contributed by atoms with van der Waals surface area (Å²) in [7, 11) is 0. The number of hydrogen-bond donors (Lipinski definition) is 0. The highest BCUT2D eigenvalue weighted by molar-refractivity contribution is 5.05. The monoisotopic (exact) mass is 167 g/mol. The summed E-state index contributed by atoms with van der Waals surface area (Å²) in [5, 5.41) is 0. The van der Waals surface area contributed by atoms with Crippen molar-refractivity contribution in [3.63, 3.8) is 0 Å². The van der Waals surface area contributed by atoms with Crippen LogP contribution in [0.3, 0.4) is 0 Å². The van der Waals surface area contributed by atoms with Crippen LogP contribution in [0.4, 0.5) is 0 Å². The quantitative estimate of drug-likeness (QED) is 0.536. The highest BCUT2D eigenvalue weighted by atomic mass is 15.2. The molecule has 1 spiro atoms. The van der Waals surface area contributed by atoms with Crippen molar-refractivity contribution in [3.05, 3.63) is 0 Å². The van der Waals surface area contributed by atoms with Crippen LogP contribution in [0.5, 0.6) is 0 Å². The van der Waals surface area contributed by atoms with E-state index in [4.69, 9.17) is 0 Å². The fraction of sp³-hybridized carbons (Fsp3) is 1.00. The summed E-state index contributed by atoms with van der Waals surface area (Å²) in [6.07, 6.45) is 4.43. The highest BCUT2D eigenvalue weighted by Crippen LogP contribution is 2.55. The Kier molecular flexibility index (Phi) is 1.61. The predicted octanol–water partition coefficient (Wildman–Crippen LogP) is 2.66. The Balaban J connectivity index is 2.08. The highest BCUT2D eigenvalue weighted by Gasteiger charge is 2.52. The van der Waals surface area contributed by atoms with Gasteiger partial charge >= 0.3 is 0 Å². The van der Waals surface area contributed by atoms with E-state index in [0.717, 1.165) is 11.5 Å². The van der Waals surface area contributed by atoms with Crippen molar-refractivity contribution in [2.24, 2.45) is 5.41 Å². The van der Waals surface area contributed by atoms with Crippen molar-refractivity contribution in [2.75, 3.05) is 6.54 Å². The number of likely N-dealkylation sites (tertiary alicyclic amines) is 1. The SMILES string of the molecule is CC1CC2(CC2)CN1C(C)(C)C. The standard InChI is InChI=1S/C11H21N/c1-9-7-11(5-6-11)8-12(9)10(2,3)4/h9H,5-8H2,1-4H3. The van der Waals surface area contributed by atoms with Gasteiger partial charge in [-0.2, -0.15) is 0 Å². The second-order valence-electron chi connectivity index (χ2n) is 5.85. The van der Waals surface area contributed by atoms with Crippen LogP contribution < -0.4 is 0 Å². The van der Waals surface area contributed by atoms with Crippen LogP contribution in [-0.2, 0) is 0 Å². The lowest BCUT2D eigenvalue weighted by molar-refractivity contribution is 0.126. The third-order valence-electron chi connectivity index (χ3n) is 3.58. The van der Waals surface area contributed by atoms with Gasteiger partial charge in [-0.3, -0.25) is 4.90 Å². The molecule has 2 aliphatic rings. The molecule has 2 rings (SSSR count). The molecule has 0 aromatic carbocycles. The molecule has 0 radical (unpaired) electrons. The van der Waals surface area contributed by atoms with E-state index in [1.54, 1.807) is 0 Å². The molecule has 0 N–H and O–H groups in total. The molecule has 0 amide bonds. The normalized spacial score (nSPS) is 34.5. The molecule has 12 heavy (non-hydrogen) atoms. The van der Waals surface area contributed by atoms with Gasteiger partial charge in [0.15, 0.2) is 0 Å². The van der Waals surface area contributed by atoms with Crippen molar-refractivity contribution in [1.29, 1.82) is 0 Å². The number of rotatable bonds is 0. The predicted molar refractivity (Wildman–Crippen MR) is 52.2 cm³/mol. The summed E-state index contributed by atoms with van der Waals surface area (Å²) in [5.74, 6) is 0. The molecular formula is C11H21N. The number of hydrogen-bond acceptors (Lipinski definition) is 1. The van der Waals surface area contributed by atoms with Gasteiger partial charge in [-0.1, -0.05) is 0 Å². The molecule has 0 aromatic heterocycles. The summed E-state index contributed by atoms with van der Waals surface area (Å²) < 4.78 is 0. The first-order valence-electron chi connectivity index (χ1n) is 5.20. The maximum absolute atomic E-state index is 2.68. The molecule has 1 aliphatic heterocycles. The van der Waals surface area contributed by atoms with Crippen molar-refractivity contribution in [1.82, 2.24) is 4.90 Å². The fourth-order valence-corrected chi connectivity index (χ4v) is 2.76. The third kappa shape index (κ3) is 1.28. The van der Waals surface area contributed by atoms with Crippen LogP contribution in [0.25, 0.3) is 0 Å². The first-order valence-corrected chi connectivity index (χ1v) is 5.20. The molecule has 0 bridgehead atoms. The summed E-state index contributed by atoms with van der Waals surface area (Å²) in [6.45, 7) is 10.8. The molecular weight excluding hydrogens is 146 g/mol. The second kappa shape index (κ2) is 2.25. The van der Waals surface area contributed by atoms with E-state index in [1.165, 1.54) is 25.8 Å². The Morgan fingerprint density at radius 1 is 1.25 bits per heavy atom.